The van der Waals surface area contributed by atoms with Crippen molar-refractivity contribution < 1.29 is 19.0 Å². The van der Waals surface area contributed by atoms with Gasteiger partial charge < -0.3 is 14.7 Å². The van der Waals surface area contributed by atoms with Gasteiger partial charge in [0.15, 0.2) is 5.75 Å². The number of nitrogens with zero attached hydrogens (tertiary/aromatic N) is 5. The number of aliphatic carboxylic acids is 1. The summed E-state index contributed by atoms with van der Waals surface area (Å²) in [5, 5.41) is 10.1. The molecule has 3 heterocycles. The van der Waals surface area contributed by atoms with Gasteiger partial charge in [-0.05, 0) is 80.9 Å². The van der Waals surface area contributed by atoms with Gasteiger partial charge in [0.05, 0.1) is 24.8 Å². The second-order valence-corrected chi connectivity index (χ2v) is 11.0. The molecule has 1 aromatic carbocycles. The van der Waals surface area contributed by atoms with Crippen LogP contribution < -0.4 is 9.64 Å². The summed E-state index contributed by atoms with van der Waals surface area (Å²) in [5.41, 5.74) is 2.44. The molecule has 0 saturated carbocycles. The molecule has 0 spiro atoms. The quantitative estimate of drug-likeness (QED) is 0.215. The van der Waals surface area contributed by atoms with Crippen molar-refractivity contribution in [3.05, 3.63) is 58.3 Å². The number of aromatic nitrogens is 3. The van der Waals surface area contributed by atoms with Gasteiger partial charge >= 0.3 is 5.97 Å². The highest BCUT2D eigenvalue weighted by atomic mass is 35.5. The second kappa shape index (κ2) is 14.6. The van der Waals surface area contributed by atoms with Crippen LogP contribution in [-0.2, 0) is 11.3 Å². The Morgan fingerprint density at radius 3 is 2.42 bits per heavy atom. The van der Waals surface area contributed by atoms with Crippen molar-refractivity contribution in [3.63, 3.8) is 0 Å². The normalized spacial score (nSPS) is 14.3. The number of pyridine rings is 1. The van der Waals surface area contributed by atoms with Gasteiger partial charge in [-0.25, -0.2) is 15.0 Å². The van der Waals surface area contributed by atoms with E-state index >= 15 is 0 Å². The van der Waals surface area contributed by atoms with Gasteiger partial charge in [0.1, 0.15) is 0 Å². The van der Waals surface area contributed by atoms with Crippen LogP contribution in [0.1, 0.15) is 44.1 Å². The number of carboxylic acids is 1. The van der Waals surface area contributed by atoms with Crippen LogP contribution in [-0.4, -0.2) is 64.3 Å². The van der Waals surface area contributed by atoms with E-state index in [1.54, 1.807) is 18.5 Å². The first-order valence-corrected chi connectivity index (χ1v) is 14.2. The zero-order chi connectivity index (χ0) is 28.5. The molecule has 1 saturated heterocycles. The highest BCUT2D eigenvalue weighted by Gasteiger charge is 2.22. The number of piperidine rings is 1. The molecule has 2 aromatic heterocycles. The Morgan fingerprint density at radius 2 is 1.77 bits per heavy atom. The third-order valence-electron chi connectivity index (χ3n) is 6.90. The molecule has 0 amide bonds. The van der Waals surface area contributed by atoms with Crippen LogP contribution in [0.2, 0.25) is 10.0 Å². The highest BCUT2D eigenvalue weighted by molar-refractivity contribution is 6.35. The number of likely N-dealkylation sites (tertiary alicyclic amines) is 1. The van der Waals surface area contributed by atoms with Crippen molar-refractivity contribution >= 4 is 35.1 Å². The zero-order valence-electron chi connectivity index (χ0n) is 22.5. The monoisotopic (exact) mass is 589 g/mol. The molecule has 40 heavy (non-hydrogen) atoms. The van der Waals surface area contributed by atoms with E-state index in [2.05, 4.69) is 14.9 Å². The van der Waals surface area contributed by atoms with E-state index in [1.807, 2.05) is 36.2 Å². The average Bonchev–Trinajstić information content (AvgIpc) is 2.91. The zero-order valence-corrected chi connectivity index (χ0v) is 24.0. The number of carboxylic acid groups (broad SMARTS) is 1. The minimum absolute atomic E-state index is 0.214. The molecule has 1 fully saturated rings. The van der Waals surface area contributed by atoms with Crippen LogP contribution in [0, 0.1) is 5.92 Å². The molecule has 0 radical (unpaired) electrons. The number of unbranched alkanes of at least 4 members (excludes halogenated alkanes) is 2. The lowest BCUT2D eigenvalue weighted by Gasteiger charge is -2.31. The van der Waals surface area contributed by atoms with Gasteiger partial charge in [-0.1, -0.05) is 23.2 Å². The number of carbonyl (C=O) groups is 1. The van der Waals surface area contributed by atoms with E-state index in [0.29, 0.717) is 46.3 Å². The predicted molar refractivity (Wildman–Crippen MR) is 155 cm³/mol. The maximum Gasteiger partial charge on any atom is 0.303 e. The van der Waals surface area contributed by atoms with Gasteiger partial charge in [0.2, 0.25) is 11.8 Å². The Hall–Kier alpha value is -3.01. The lowest BCUT2D eigenvalue weighted by atomic mass is 9.93. The van der Waals surface area contributed by atoms with Crippen LogP contribution in [0.3, 0.4) is 0 Å². The summed E-state index contributed by atoms with van der Waals surface area (Å²) < 4.78 is 18.4. The number of rotatable bonds is 13. The van der Waals surface area contributed by atoms with Crippen molar-refractivity contribution in [1.82, 2.24) is 19.9 Å². The largest absolute Gasteiger partial charge is 0.481 e. The summed E-state index contributed by atoms with van der Waals surface area (Å²) in [5.74, 6) is 0.877. The van der Waals surface area contributed by atoms with Gasteiger partial charge in [-0.2, -0.15) is 0 Å². The van der Waals surface area contributed by atoms with Crippen molar-refractivity contribution in [2.24, 2.45) is 5.92 Å². The lowest BCUT2D eigenvalue weighted by molar-refractivity contribution is -0.138. The maximum atomic E-state index is 12.3. The maximum absolute atomic E-state index is 12.3. The summed E-state index contributed by atoms with van der Waals surface area (Å²) in [7, 11) is 1.91. The van der Waals surface area contributed by atoms with E-state index in [9.17, 15) is 9.18 Å². The Kier molecular flexibility index (Phi) is 10.9. The first-order chi connectivity index (χ1) is 19.3. The minimum Gasteiger partial charge on any atom is -0.481 e. The molecule has 1 N–H and O–H groups in total. The SMILES string of the molecule is CN(CCCCCF)c1ncc(Oc2cc(CN3CCC(CC(=O)O)CC3)cc(-c3cc(Cl)cc(Cl)c3)n2)cn1. The lowest BCUT2D eigenvalue weighted by Crippen LogP contribution is -2.33. The van der Waals surface area contributed by atoms with Crippen LogP contribution in [0.4, 0.5) is 10.3 Å². The van der Waals surface area contributed by atoms with Gasteiger partial charge in [-0.15, -0.1) is 0 Å². The molecule has 0 unspecified atom stereocenters. The molecule has 8 nitrogen and oxygen atoms in total. The summed E-state index contributed by atoms with van der Waals surface area (Å²) >= 11 is 12.5. The fourth-order valence-electron chi connectivity index (χ4n) is 4.81. The van der Waals surface area contributed by atoms with Crippen LogP contribution in [0.25, 0.3) is 11.3 Å². The molecule has 0 bridgehead atoms. The van der Waals surface area contributed by atoms with Crippen LogP contribution in [0.15, 0.2) is 42.7 Å². The second-order valence-electron chi connectivity index (χ2n) is 10.2. The highest BCUT2D eigenvalue weighted by Crippen LogP contribution is 2.31. The molecule has 11 heteroatoms. The molecule has 1 aliphatic heterocycles. The number of alkyl halides is 1. The number of halogens is 3. The third-order valence-corrected chi connectivity index (χ3v) is 7.34. The minimum atomic E-state index is -0.739. The average molecular weight is 591 g/mol. The van der Waals surface area contributed by atoms with Crippen molar-refractivity contribution in [1.29, 1.82) is 0 Å². The number of hydrogen-bond acceptors (Lipinski definition) is 7. The Bertz CT molecular complexity index is 1250. The predicted octanol–water partition coefficient (Wildman–Crippen LogP) is 6.90. The molecule has 0 atom stereocenters. The van der Waals surface area contributed by atoms with Crippen LogP contribution in [0.5, 0.6) is 11.6 Å². The molecular weight excluding hydrogens is 556 g/mol. The summed E-state index contributed by atoms with van der Waals surface area (Å²) in [6, 6.07) is 9.18. The van der Waals surface area contributed by atoms with E-state index in [1.165, 1.54) is 0 Å². The number of hydrogen-bond donors (Lipinski definition) is 1. The van der Waals surface area contributed by atoms with Crippen molar-refractivity contribution in [3.8, 4) is 22.9 Å². The molecule has 214 valence electrons. The van der Waals surface area contributed by atoms with E-state index in [-0.39, 0.29) is 19.0 Å². The standard InChI is InChI=1S/C29H34Cl2FN5O3/c1-36(8-4-2-3-7-32)29-33-17-25(18-34-29)40-27-12-21(19-37-9-5-20(6-10-37)13-28(38)39)11-26(35-27)22-14-23(30)16-24(31)15-22/h11-12,14-18,20H,2-10,13,19H2,1H3,(H,38,39). The smallest absolute Gasteiger partial charge is 0.303 e. The molecule has 3 aromatic rings. The van der Waals surface area contributed by atoms with Crippen molar-refractivity contribution in [2.75, 3.05) is 38.3 Å². The van der Waals surface area contributed by atoms with E-state index in [4.69, 9.17) is 38.0 Å². The molecule has 0 aliphatic carbocycles. The van der Waals surface area contributed by atoms with Crippen molar-refractivity contribution in [2.45, 2.75) is 45.1 Å². The fraction of sp³-hybridized carbons (Fsp3) is 0.448. The number of anilines is 1. The Balaban J connectivity index is 1.50. The first kappa shape index (κ1) is 30.0. The van der Waals surface area contributed by atoms with Gasteiger partial charge in [-0.3, -0.25) is 14.1 Å². The third kappa shape index (κ3) is 9.01. The topological polar surface area (TPSA) is 91.7 Å². The first-order valence-electron chi connectivity index (χ1n) is 13.5. The fourth-order valence-corrected chi connectivity index (χ4v) is 5.33. The Morgan fingerprint density at radius 1 is 1.07 bits per heavy atom. The summed E-state index contributed by atoms with van der Waals surface area (Å²) in [6.45, 7) is 2.77. The molecular formula is C29H34Cl2FN5O3. The molecule has 4 rings (SSSR count). The van der Waals surface area contributed by atoms with Crippen LogP contribution >= 0.6 is 23.2 Å². The number of ether oxygens (including phenoxy) is 1. The van der Waals surface area contributed by atoms with E-state index < -0.39 is 5.97 Å². The van der Waals surface area contributed by atoms with E-state index in [0.717, 1.165) is 56.4 Å². The van der Waals surface area contributed by atoms with Gasteiger partial charge in [0.25, 0.3) is 0 Å². The summed E-state index contributed by atoms with van der Waals surface area (Å²) in [4.78, 5) is 28.9. The Labute approximate surface area is 244 Å². The number of benzene rings is 1. The van der Waals surface area contributed by atoms with Gasteiger partial charge in [0, 0.05) is 48.2 Å². The summed E-state index contributed by atoms with van der Waals surface area (Å²) in [6.07, 6.45) is 7.40. The molecule has 1 aliphatic rings.